The maximum atomic E-state index is 13.7. The number of rotatable bonds is 17. The Balaban J connectivity index is 1.34. The molecule has 0 radical (unpaired) electrons. The van der Waals surface area contributed by atoms with E-state index >= 15 is 0 Å². The molecule has 0 unspecified atom stereocenters. The molecule has 10 nitrogen and oxygen atoms in total. The smallest absolute Gasteiger partial charge is 0.305 e. The number of hydrogen-bond donors (Lipinski definition) is 2. The molecule has 0 spiro atoms. The fourth-order valence-electron chi connectivity index (χ4n) is 7.22. The van der Waals surface area contributed by atoms with Crippen molar-refractivity contribution in [2.75, 3.05) is 26.5 Å². The number of fused-ring (bicyclic) bond motifs is 2. The Labute approximate surface area is 262 Å². The first-order valence-electron chi connectivity index (χ1n) is 16.4. The highest BCUT2D eigenvalue weighted by Crippen LogP contribution is 2.45. The van der Waals surface area contributed by atoms with Gasteiger partial charge in [0.15, 0.2) is 0 Å². The van der Waals surface area contributed by atoms with Gasteiger partial charge in [-0.1, -0.05) is 69.2 Å². The topological polar surface area (TPSA) is 137 Å². The number of nitrogens with one attached hydrogen (secondary N) is 2. The highest BCUT2D eigenvalue weighted by molar-refractivity contribution is 7.85. The normalized spacial score (nSPS) is 24.1. The first-order valence-corrected chi connectivity index (χ1v) is 18.2. The number of amides is 2. The van der Waals surface area contributed by atoms with Crippen molar-refractivity contribution in [1.29, 1.82) is 0 Å². The van der Waals surface area contributed by atoms with Crippen molar-refractivity contribution in [2.24, 2.45) is 17.8 Å². The lowest BCUT2D eigenvalue weighted by Gasteiger charge is -2.29. The van der Waals surface area contributed by atoms with Gasteiger partial charge < -0.3 is 20.1 Å². The lowest BCUT2D eigenvalue weighted by molar-refractivity contribution is -0.140. The molecule has 44 heavy (non-hydrogen) atoms. The quantitative estimate of drug-likeness (QED) is 0.150. The maximum Gasteiger partial charge on any atom is 0.305 e. The molecule has 0 aromatic heterocycles. The van der Waals surface area contributed by atoms with E-state index in [4.69, 9.17) is 13.7 Å². The van der Waals surface area contributed by atoms with E-state index in [1.165, 1.54) is 39.2 Å². The molecule has 11 heteroatoms. The van der Waals surface area contributed by atoms with Crippen LogP contribution in [0.1, 0.15) is 88.2 Å². The van der Waals surface area contributed by atoms with Crippen LogP contribution in [0.4, 0.5) is 0 Å². The van der Waals surface area contributed by atoms with Crippen molar-refractivity contribution in [3.05, 3.63) is 35.4 Å². The summed E-state index contributed by atoms with van der Waals surface area (Å²) in [4.78, 5) is 38.5. The molecule has 246 valence electrons. The van der Waals surface area contributed by atoms with Crippen molar-refractivity contribution < 1.29 is 36.5 Å². The van der Waals surface area contributed by atoms with E-state index in [0.29, 0.717) is 25.8 Å². The van der Waals surface area contributed by atoms with E-state index in [0.717, 1.165) is 61.8 Å². The van der Waals surface area contributed by atoms with Crippen LogP contribution in [0.3, 0.4) is 0 Å². The molecular formula is C33H50N2O8S. The summed E-state index contributed by atoms with van der Waals surface area (Å²) in [5.74, 6) is -0.715. The summed E-state index contributed by atoms with van der Waals surface area (Å²) in [6.45, 7) is 0.00440. The first-order chi connectivity index (χ1) is 21.1. The zero-order chi connectivity index (χ0) is 31.5. The summed E-state index contributed by atoms with van der Waals surface area (Å²) < 4.78 is 39.4. The van der Waals surface area contributed by atoms with Crippen molar-refractivity contribution >= 4 is 27.9 Å². The number of unbranched alkanes of at least 4 members (excludes halogenated alkanes) is 1. The zero-order valence-electron chi connectivity index (χ0n) is 26.3. The molecule has 2 heterocycles. The van der Waals surface area contributed by atoms with Crippen LogP contribution in [0, 0.1) is 17.8 Å². The third-order valence-electron chi connectivity index (χ3n) is 9.56. The van der Waals surface area contributed by atoms with Crippen LogP contribution in [0.5, 0.6) is 0 Å². The van der Waals surface area contributed by atoms with Gasteiger partial charge in [0.25, 0.3) is 10.1 Å². The van der Waals surface area contributed by atoms with E-state index in [-0.39, 0.29) is 30.0 Å². The lowest BCUT2D eigenvalue weighted by Crippen LogP contribution is -2.53. The zero-order valence-corrected chi connectivity index (χ0v) is 27.1. The van der Waals surface area contributed by atoms with Crippen molar-refractivity contribution in [1.82, 2.24) is 10.6 Å². The number of aryl methyl sites for hydroxylation is 2. The average Bonchev–Trinajstić information content (AvgIpc) is 3.63. The monoisotopic (exact) mass is 634 g/mol. The van der Waals surface area contributed by atoms with E-state index in [2.05, 4.69) is 10.6 Å². The minimum Gasteiger partial charge on any atom is -0.469 e. The summed E-state index contributed by atoms with van der Waals surface area (Å²) >= 11 is 0. The number of carbonyl (C=O) groups is 3. The lowest BCUT2D eigenvalue weighted by atomic mass is 9.75. The summed E-state index contributed by atoms with van der Waals surface area (Å²) in [5, 5.41) is 5.70. The second-order valence-corrected chi connectivity index (χ2v) is 14.3. The predicted molar refractivity (Wildman–Crippen MR) is 166 cm³/mol. The third kappa shape index (κ3) is 10.3. The second-order valence-electron chi connectivity index (χ2n) is 12.7. The molecule has 1 aliphatic carbocycles. The van der Waals surface area contributed by atoms with Crippen LogP contribution in [-0.2, 0) is 51.0 Å². The maximum absolute atomic E-state index is 13.7. The van der Waals surface area contributed by atoms with Crippen molar-refractivity contribution in [3.8, 4) is 0 Å². The number of esters is 1. The average molecular weight is 635 g/mol. The van der Waals surface area contributed by atoms with Gasteiger partial charge >= 0.3 is 5.97 Å². The van der Waals surface area contributed by atoms with E-state index in [1.54, 1.807) is 0 Å². The summed E-state index contributed by atoms with van der Waals surface area (Å²) in [6.07, 6.45) is 14.2. The van der Waals surface area contributed by atoms with Crippen LogP contribution < -0.4 is 10.6 Å². The number of benzene rings is 1. The Hall–Kier alpha value is -2.50. The molecule has 2 amide bonds. The Morgan fingerprint density at radius 3 is 2.36 bits per heavy atom. The van der Waals surface area contributed by atoms with E-state index in [1.807, 2.05) is 24.3 Å². The predicted octanol–water partition coefficient (Wildman–Crippen LogP) is 3.85. The van der Waals surface area contributed by atoms with Gasteiger partial charge in [0.05, 0.1) is 38.1 Å². The molecule has 2 aliphatic heterocycles. The Morgan fingerprint density at radius 2 is 1.66 bits per heavy atom. The van der Waals surface area contributed by atoms with Crippen LogP contribution in [0.25, 0.3) is 0 Å². The Morgan fingerprint density at radius 1 is 0.955 bits per heavy atom. The van der Waals surface area contributed by atoms with E-state index < -0.39 is 34.6 Å². The minimum atomic E-state index is -3.81. The number of methoxy groups -OCH3 is 1. The highest BCUT2D eigenvalue weighted by atomic mass is 32.2. The molecule has 1 aromatic carbocycles. The first kappa shape index (κ1) is 34.4. The summed E-state index contributed by atoms with van der Waals surface area (Å²) in [6, 6.07) is 6.86. The SMILES string of the molecule is COC(=O)CCc1ccccc1CC[C@@H]1[C@H](C(=O)N[C@@H](COS(C)(=O)=O)C(=O)NCCCCC2CCCCC2)[C@H]2CC[C@@H]1O2. The fraction of sp³-hybridized carbons (Fsp3) is 0.727. The molecule has 1 saturated carbocycles. The molecule has 2 bridgehead atoms. The summed E-state index contributed by atoms with van der Waals surface area (Å²) in [5.41, 5.74) is 2.21. The number of hydrogen-bond acceptors (Lipinski definition) is 8. The van der Waals surface area contributed by atoms with Gasteiger partial charge in [0.1, 0.15) is 6.04 Å². The Kier molecular flexibility index (Phi) is 13.1. The van der Waals surface area contributed by atoms with Gasteiger partial charge in [0.2, 0.25) is 11.8 Å². The highest BCUT2D eigenvalue weighted by Gasteiger charge is 2.52. The van der Waals surface area contributed by atoms with Gasteiger partial charge in [-0.25, -0.2) is 0 Å². The largest absolute Gasteiger partial charge is 0.469 e. The van der Waals surface area contributed by atoms with E-state index in [9.17, 15) is 22.8 Å². The van der Waals surface area contributed by atoms with Crippen LogP contribution in [0.2, 0.25) is 0 Å². The fourth-order valence-corrected chi connectivity index (χ4v) is 7.60. The van der Waals surface area contributed by atoms with Crippen LogP contribution in [0.15, 0.2) is 24.3 Å². The second kappa shape index (κ2) is 16.7. The third-order valence-corrected chi connectivity index (χ3v) is 10.1. The van der Waals surface area contributed by atoms with Gasteiger partial charge in [-0.3, -0.25) is 18.6 Å². The van der Waals surface area contributed by atoms with Gasteiger partial charge in [-0.2, -0.15) is 8.42 Å². The van der Waals surface area contributed by atoms with Gasteiger partial charge in [0, 0.05) is 13.0 Å². The molecular weight excluding hydrogens is 584 g/mol. The molecule has 4 rings (SSSR count). The van der Waals surface area contributed by atoms with Crippen LogP contribution in [-0.4, -0.2) is 71.0 Å². The summed E-state index contributed by atoms with van der Waals surface area (Å²) in [7, 11) is -2.42. The standard InChI is InChI=1S/C33H50N2O8S/c1-41-30(36)20-16-25-14-7-6-13-24(25)15-17-26-28-18-19-29(43-28)31(26)33(38)35-27(22-42-44(2,39)40)32(37)34-21-9-8-12-23-10-4-3-5-11-23/h6-7,13-14,23,26-29,31H,3-5,8-12,15-22H2,1-2H3,(H,34,37)(H,35,38)/t26-,27-,28-,29+,31-/m0/s1. The molecule has 5 atom stereocenters. The van der Waals surface area contributed by atoms with Gasteiger partial charge in [-0.05, 0) is 61.5 Å². The molecule has 2 saturated heterocycles. The number of carbonyl (C=O) groups excluding carboxylic acids is 3. The molecule has 1 aromatic rings. The molecule has 3 aliphatic rings. The number of ether oxygens (including phenoxy) is 2. The van der Waals surface area contributed by atoms with Crippen molar-refractivity contribution in [3.63, 3.8) is 0 Å². The van der Waals surface area contributed by atoms with Crippen LogP contribution >= 0.6 is 0 Å². The van der Waals surface area contributed by atoms with Gasteiger partial charge in [-0.15, -0.1) is 0 Å². The minimum absolute atomic E-state index is 0.0401. The Bertz CT molecular complexity index is 1220. The molecule has 2 N–H and O–H groups in total. The molecule has 3 fully saturated rings. The van der Waals surface area contributed by atoms with Crippen molar-refractivity contribution in [2.45, 2.75) is 108 Å².